The quantitative estimate of drug-likeness (QED) is 0.144. The highest BCUT2D eigenvalue weighted by molar-refractivity contribution is 6.32. The first-order valence-corrected chi connectivity index (χ1v) is 11.0. The fourth-order valence-electron chi connectivity index (χ4n) is 3.13. The Kier molecular flexibility index (Phi) is 18.7. The van der Waals surface area contributed by atoms with Crippen molar-refractivity contribution in [2.24, 2.45) is 0 Å². The standard InChI is InChI=1S/C21H43BO5/c1-2-3-4-5-6-7-8-9-10-11-12-13-14-15-16-17-18-21(24,19-23)20-27-22(25)26/h9-10,23-26H,2-8,11-20H2,1H3/b10-9-. The Labute approximate surface area is 167 Å². The van der Waals surface area contributed by atoms with Crippen LogP contribution in [0.5, 0.6) is 0 Å². The molecule has 4 N–H and O–H groups in total. The van der Waals surface area contributed by atoms with Crippen LogP contribution in [0.25, 0.3) is 0 Å². The molecule has 0 radical (unpaired) electrons. The number of rotatable bonds is 20. The predicted molar refractivity (Wildman–Crippen MR) is 112 cm³/mol. The van der Waals surface area contributed by atoms with Crippen LogP contribution in [-0.4, -0.2) is 46.4 Å². The van der Waals surface area contributed by atoms with Crippen LogP contribution in [0.2, 0.25) is 0 Å². The van der Waals surface area contributed by atoms with Crippen LogP contribution in [0.1, 0.15) is 103 Å². The lowest BCUT2D eigenvalue weighted by molar-refractivity contribution is -0.0637. The van der Waals surface area contributed by atoms with Gasteiger partial charge in [-0.25, -0.2) is 0 Å². The molecule has 0 aliphatic heterocycles. The van der Waals surface area contributed by atoms with Crippen LogP contribution in [0, 0.1) is 0 Å². The number of allylic oxidation sites excluding steroid dienone is 2. The summed E-state index contributed by atoms with van der Waals surface area (Å²) in [5, 5.41) is 36.6. The Balaban J connectivity index is 3.40. The SMILES string of the molecule is CCCCCCCC/C=C\CCCCCCCCC(O)(CO)COB(O)O. The third-order valence-electron chi connectivity index (χ3n) is 4.95. The predicted octanol–water partition coefficient (Wildman–Crippen LogP) is 4.12. The summed E-state index contributed by atoms with van der Waals surface area (Å²) in [6.45, 7) is 1.54. The Morgan fingerprint density at radius 2 is 1.26 bits per heavy atom. The molecular weight excluding hydrogens is 343 g/mol. The first kappa shape index (κ1) is 26.6. The molecule has 0 aromatic rings. The molecule has 0 spiro atoms. The maximum Gasteiger partial charge on any atom is 0.634 e. The summed E-state index contributed by atoms with van der Waals surface area (Å²) in [5.41, 5.74) is -1.38. The Morgan fingerprint density at radius 1 is 0.778 bits per heavy atom. The van der Waals surface area contributed by atoms with Crippen molar-refractivity contribution in [3.05, 3.63) is 12.2 Å². The summed E-state index contributed by atoms with van der Waals surface area (Å²) in [7, 11) is -1.91. The zero-order valence-electron chi connectivity index (χ0n) is 17.4. The van der Waals surface area contributed by atoms with Crippen LogP contribution in [0.4, 0.5) is 0 Å². The minimum absolute atomic E-state index is 0.272. The molecule has 0 bridgehead atoms. The Bertz CT molecular complexity index is 339. The second kappa shape index (κ2) is 18.9. The second-order valence-corrected chi connectivity index (χ2v) is 7.71. The van der Waals surface area contributed by atoms with Crippen LogP contribution >= 0.6 is 0 Å². The highest BCUT2D eigenvalue weighted by atomic mass is 16.6. The van der Waals surface area contributed by atoms with Gasteiger partial charge in [0.15, 0.2) is 0 Å². The molecule has 0 heterocycles. The average molecular weight is 386 g/mol. The third-order valence-corrected chi connectivity index (χ3v) is 4.95. The molecule has 0 aliphatic rings. The van der Waals surface area contributed by atoms with Gasteiger partial charge < -0.3 is 24.9 Å². The maximum absolute atomic E-state index is 10.1. The summed E-state index contributed by atoms with van der Waals surface area (Å²) in [6, 6.07) is 0. The molecule has 0 aliphatic carbocycles. The highest BCUT2D eigenvalue weighted by Crippen LogP contribution is 2.17. The molecule has 0 fully saturated rings. The molecule has 160 valence electrons. The lowest BCUT2D eigenvalue weighted by Crippen LogP contribution is -2.41. The van der Waals surface area contributed by atoms with Gasteiger partial charge in [-0.05, 0) is 32.1 Å². The highest BCUT2D eigenvalue weighted by Gasteiger charge is 2.27. The smallest absolute Gasteiger partial charge is 0.402 e. The molecule has 0 aromatic heterocycles. The van der Waals surface area contributed by atoms with E-state index in [-0.39, 0.29) is 6.61 Å². The van der Waals surface area contributed by atoms with Crippen molar-refractivity contribution in [3.63, 3.8) is 0 Å². The van der Waals surface area contributed by atoms with Gasteiger partial charge in [-0.2, -0.15) is 0 Å². The summed E-state index contributed by atoms with van der Waals surface area (Å²) < 4.78 is 4.57. The van der Waals surface area contributed by atoms with Gasteiger partial charge in [0, 0.05) is 0 Å². The Hall–Kier alpha value is -0.395. The Morgan fingerprint density at radius 3 is 1.74 bits per heavy atom. The molecule has 27 heavy (non-hydrogen) atoms. The minimum atomic E-state index is -1.91. The van der Waals surface area contributed by atoms with E-state index in [4.69, 9.17) is 10.0 Å². The molecule has 1 atom stereocenters. The zero-order chi connectivity index (χ0) is 20.2. The molecule has 0 saturated carbocycles. The van der Waals surface area contributed by atoms with Crippen molar-refractivity contribution in [2.75, 3.05) is 13.2 Å². The fraction of sp³-hybridized carbons (Fsp3) is 0.905. The topological polar surface area (TPSA) is 90.2 Å². The number of aliphatic hydroxyl groups excluding tert-OH is 1. The van der Waals surface area contributed by atoms with Crippen LogP contribution in [0.15, 0.2) is 12.2 Å². The van der Waals surface area contributed by atoms with E-state index in [1.54, 1.807) is 0 Å². The molecular formula is C21H43BO5. The van der Waals surface area contributed by atoms with Crippen molar-refractivity contribution < 1.29 is 24.9 Å². The largest absolute Gasteiger partial charge is 0.634 e. The van der Waals surface area contributed by atoms with Gasteiger partial charge >= 0.3 is 7.32 Å². The van der Waals surface area contributed by atoms with Crippen LogP contribution in [-0.2, 0) is 4.65 Å². The summed E-state index contributed by atoms with van der Waals surface area (Å²) in [6.07, 6.45) is 22.1. The van der Waals surface area contributed by atoms with E-state index in [0.717, 1.165) is 19.3 Å². The van der Waals surface area contributed by atoms with Gasteiger partial charge in [-0.1, -0.05) is 83.3 Å². The zero-order valence-corrected chi connectivity index (χ0v) is 17.4. The van der Waals surface area contributed by atoms with E-state index in [0.29, 0.717) is 6.42 Å². The molecule has 0 aromatic carbocycles. The van der Waals surface area contributed by atoms with Gasteiger partial charge in [0.05, 0.1) is 13.2 Å². The minimum Gasteiger partial charge on any atom is -0.402 e. The van der Waals surface area contributed by atoms with E-state index in [1.165, 1.54) is 70.6 Å². The van der Waals surface area contributed by atoms with Crippen molar-refractivity contribution in [3.8, 4) is 0 Å². The molecule has 0 amide bonds. The van der Waals surface area contributed by atoms with Gasteiger partial charge in [0.1, 0.15) is 5.60 Å². The van der Waals surface area contributed by atoms with Crippen LogP contribution < -0.4 is 0 Å². The summed E-state index contributed by atoms with van der Waals surface area (Å²) in [4.78, 5) is 0. The van der Waals surface area contributed by atoms with Gasteiger partial charge in [-0.15, -0.1) is 0 Å². The van der Waals surface area contributed by atoms with Crippen molar-refractivity contribution in [1.29, 1.82) is 0 Å². The van der Waals surface area contributed by atoms with Gasteiger partial charge in [0.2, 0.25) is 0 Å². The second-order valence-electron chi connectivity index (χ2n) is 7.71. The fourth-order valence-corrected chi connectivity index (χ4v) is 3.13. The molecule has 5 nitrogen and oxygen atoms in total. The third kappa shape index (κ3) is 18.7. The van der Waals surface area contributed by atoms with Crippen molar-refractivity contribution in [1.82, 2.24) is 0 Å². The van der Waals surface area contributed by atoms with Gasteiger partial charge in [-0.3, -0.25) is 0 Å². The van der Waals surface area contributed by atoms with Crippen LogP contribution in [0.3, 0.4) is 0 Å². The lowest BCUT2D eigenvalue weighted by atomic mass is 9.96. The molecule has 0 rings (SSSR count). The number of unbranched alkanes of at least 4 members (excludes halogenated alkanes) is 12. The van der Waals surface area contributed by atoms with Crippen molar-refractivity contribution in [2.45, 2.75) is 109 Å². The number of hydrogen-bond donors (Lipinski definition) is 4. The average Bonchev–Trinajstić information content (AvgIpc) is 2.66. The normalized spacial score (nSPS) is 14.0. The number of aliphatic hydroxyl groups is 2. The lowest BCUT2D eigenvalue weighted by Gasteiger charge is -2.25. The first-order chi connectivity index (χ1) is 13.0. The van der Waals surface area contributed by atoms with E-state index in [9.17, 15) is 10.2 Å². The first-order valence-electron chi connectivity index (χ1n) is 11.0. The summed E-state index contributed by atoms with van der Waals surface area (Å²) in [5.74, 6) is 0. The van der Waals surface area contributed by atoms with E-state index in [2.05, 4.69) is 23.7 Å². The molecule has 6 heteroatoms. The van der Waals surface area contributed by atoms with Gasteiger partial charge in [0.25, 0.3) is 0 Å². The number of hydrogen-bond acceptors (Lipinski definition) is 5. The maximum atomic E-state index is 10.1. The molecule has 0 saturated heterocycles. The van der Waals surface area contributed by atoms with E-state index >= 15 is 0 Å². The monoisotopic (exact) mass is 386 g/mol. The van der Waals surface area contributed by atoms with E-state index in [1.807, 2.05) is 0 Å². The summed E-state index contributed by atoms with van der Waals surface area (Å²) >= 11 is 0. The molecule has 1 unspecified atom stereocenters. The van der Waals surface area contributed by atoms with E-state index < -0.39 is 19.5 Å². The van der Waals surface area contributed by atoms with Crippen molar-refractivity contribution >= 4 is 7.32 Å².